The van der Waals surface area contributed by atoms with Gasteiger partial charge in [0.2, 0.25) is 15.9 Å². The van der Waals surface area contributed by atoms with E-state index in [4.69, 9.17) is 25.8 Å². The number of carbonyl (C=O) groups excluding carboxylic acids is 1. The summed E-state index contributed by atoms with van der Waals surface area (Å²) in [6, 6.07) is 8.06. The molecule has 0 saturated carbocycles. The van der Waals surface area contributed by atoms with Gasteiger partial charge in [0.25, 0.3) is 0 Å². The fraction of sp³-hybridized carbons (Fsp3) is 0.381. The highest BCUT2D eigenvalue weighted by Crippen LogP contribution is 2.32. The Labute approximate surface area is 187 Å². The highest BCUT2D eigenvalue weighted by molar-refractivity contribution is 7.89. The third kappa shape index (κ3) is 5.30. The first-order chi connectivity index (χ1) is 14.8. The molecule has 0 spiro atoms. The van der Waals surface area contributed by atoms with Crippen molar-refractivity contribution in [2.24, 2.45) is 0 Å². The molecule has 31 heavy (non-hydrogen) atoms. The summed E-state index contributed by atoms with van der Waals surface area (Å²) in [6.07, 6.45) is -0.0273. The molecule has 168 valence electrons. The molecule has 0 bridgehead atoms. The predicted octanol–water partition coefficient (Wildman–Crippen LogP) is 2.87. The van der Waals surface area contributed by atoms with Crippen molar-refractivity contribution in [1.82, 2.24) is 4.31 Å². The molecule has 0 aromatic heterocycles. The van der Waals surface area contributed by atoms with Gasteiger partial charge in [-0.05, 0) is 36.2 Å². The number of halogens is 1. The van der Waals surface area contributed by atoms with Gasteiger partial charge < -0.3 is 19.5 Å². The number of rotatable bonds is 7. The number of aryl methyl sites for hydroxylation is 1. The van der Waals surface area contributed by atoms with Crippen LogP contribution >= 0.6 is 11.6 Å². The number of carbonyl (C=O) groups is 1. The zero-order chi connectivity index (χ0) is 22.6. The zero-order valence-electron chi connectivity index (χ0n) is 17.6. The van der Waals surface area contributed by atoms with Crippen molar-refractivity contribution in [3.8, 4) is 11.5 Å². The second kappa shape index (κ2) is 9.86. The third-order valence-electron chi connectivity index (χ3n) is 4.94. The number of nitrogens with zero attached hydrogens (tertiary/aromatic N) is 1. The number of sulfonamides is 1. The van der Waals surface area contributed by atoms with E-state index in [9.17, 15) is 13.2 Å². The summed E-state index contributed by atoms with van der Waals surface area (Å²) < 4.78 is 43.4. The van der Waals surface area contributed by atoms with E-state index in [-0.39, 0.29) is 36.1 Å². The van der Waals surface area contributed by atoms with Crippen LogP contribution in [0, 0.1) is 6.92 Å². The number of hydrogen-bond donors (Lipinski definition) is 1. The fourth-order valence-electron chi connectivity index (χ4n) is 3.27. The maximum atomic E-state index is 13.1. The maximum absolute atomic E-state index is 13.1. The largest absolute Gasteiger partial charge is 0.495 e. The van der Waals surface area contributed by atoms with E-state index in [0.29, 0.717) is 35.2 Å². The minimum Gasteiger partial charge on any atom is -0.495 e. The van der Waals surface area contributed by atoms with Crippen LogP contribution in [0.1, 0.15) is 11.1 Å². The molecule has 1 aliphatic heterocycles. The normalized spacial score (nSPS) is 14.8. The molecule has 0 atom stereocenters. The summed E-state index contributed by atoms with van der Waals surface area (Å²) in [5.74, 6) is 0.347. The second-order valence-corrected chi connectivity index (χ2v) is 9.34. The highest BCUT2D eigenvalue weighted by Gasteiger charge is 2.29. The van der Waals surface area contributed by atoms with Gasteiger partial charge in [0, 0.05) is 24.2 Å². The monoisotopic (exact) mass is 468 g/mol. The van der Waals surface area contributed by atoms with Crippen LogP contribution in [0.15, 0.2) is 35.2 Å². The van der Waals surface area contributed by atoms with Gasteiger partial charge in [-0.1, -0.05) is 17.7 Å². The fourth-order valence-corrected chi connectivity index (χ4v) is 5.04. The van der Waals surface area contributed by atoms with Gasteiger partial charge in [-0.15, -0.1) is 0 Å². The standard InChI is InChI=1S/C21H25ClN2O6S/c1-14-10-17(19(29-3)13-16(14)22)23-21(25)12-15-4-5-18(28-2)20(11-15)31(26,27)24-6-8-30-9-7-24/h4-5,10-11,13H,6-9,12H2,1-3H3,(H,23,25). The third-order valence-corrected chi connectivity index (χ3v) is 7.26. The summed E-state index contributed by atoms with van der Waals surface area (Å²) >= 11 is 6.11. The Morgan fingerprint density at radius 2 is 1.81 bits per heavy atom. The summed E-state index contributed by atoms with van der Waals surface area (Å²) in [5, 5.41) is 3.33. The molecule has 1 fully saturated rings. The Hall–Kier alpha value is -2.33. The minimum absolute atomic E-state index is 0.0273. The van der Waals surface area contributed by atoms with Crippen LogP contribution in [0.3, 0.4) is 0 Å². The SMILES string of the molecule is COc1cc(Cl)c(C)cc1NC(=O)Cc1ccc(OC)c(S(=O)(=O)N2CCOCC2)c1. The van der Waals surface area contributed by atoms with Gasteiger partial charge in [0.15, 0.2) is 0 Å². The number of hydrogen-bond acceptors (Lipinski definition) is 6. The molecule has 0 aliphatic carbocycles. The van der Waals surface area contributed by atoms with E-state index < -0.39 is 10.0 Å². The predicted molar refractivity (Wildman–Crippen MR) is 118 cm³/mol. The molecular weight excluding hydrogens is 444 g/mol. The average molecular weight is 469 g/mol. The summed E-state index contributed by atoms with van der Waals surface area (Å²) in [5.41, 5.74) is 1.82. The van der Waals surface area contributed by atoms with Gasteiger partial charge in [-0.3, -0.25) is 4.79 Å². The van der Waals surface area contributed by atoms with E-state index in [1.54, 1.807) is 24.3 Å². The molecule has 10 heteroatoms. The van der Waals surface area contributed by atoms with Gasteiger partial charge >= 0.3 is 0 Å². The van der Waals surface area contributed by atoms with Crippen molar-refractivity contribution < 1.29 is 27.4 Å². The van der Waals surface area contributed by atoms with Gasteiger partial charge in [0.1, 0.15) is 16.4 Å². The Kier molecular flexibility index (Phi) is 7.42. The molecule has 1 aliphatic rings. The summed E-state index contributed by atoms with van der Waals surface area (Å²) in [4.78, 5) is 12.7. The van der Waals surface area contributed by atoms with Crippen LogP contribution in [0.4, 0.5) is 5.69 Å². The topological polar surface area (TPSA) is 94.2 Å². The quantitative estimate of drug-likeness (QED) is 0.671. The van der Waals surface area contributed by atoms with Crippen LogP contribution < -0.4 is 14.8 Å². The van der Waals surface area contributed by atoms with Gasteiger partial charge in [-0.25, -0.2) is 8.42 Å². The number of ether oxygens (including phenoxy) is 3. The maximum Gasteiger partial charge on any atom is 0.246 e. The van der Waals surface area contributed by atoms with Crippen molar-refractivity contribution in [3.63, 3.8) is 0 Å². The molecular formula is C21H25ClN2O6S. The second-order valence-electron chi connectivity index (χ2n) is 7.03. The Morgan fingerprint density at radius 3 is 2.45 bits per heavy atom. The molecule has 0 unspecified atom stereocenters. The first-order valence-corrected chi connectivity index (χ1v) is 11.5. The van der Waals surface area contributed by atoms with Crippen LogP contribution in [0.2, 0.25) is 5.02 Å². The van der Waals surface area contributed by atoms with Gasteiger partial charge in [-0.2, -0.15) is 4.31 Å². The first kappa shape index (κ1) is 23.3. The average Bonchev–Trinajstić information content (AvgIpc) is 2.76. The van der Waals surface area contributed by atoms with Crippen molar-refractivity contribution >= 4 is 33.2 Å². The number of nitrogens with one attached hydrogen (secondary N) is 1. The lowest BCUT2D eigenvalue weighted by atomic mass is 10.1. The van der Waals surface area contributed by atoms with Crippen molar-refractivity contribution in [1.29, 1.82) is 0 Å². The van der Waals surface area contributed by atoms with Crippen molar-refractivity contribution in [3.05, 3.63) is 46.5 Å². The van der Waals surface area contributed by atoms with Crippen LogP contribution in [0.25, 0.3) is 0 Å². The van der Waals surface area contributed by atoms with E-state index in [1.165, 1.54) is 24.6 Å². The van der Waals surface area contributed by atoms with Crippen molar-refractivity contribution in [2.45, 2.75) is 18.2 Å². The molecule has 1 amide bonds. The molecule has 0 radical (unpaired) electrons. The number of benzene rings is 2. The molecule has 2 aromatic rings. The Bertz CT molecular complexity index is 1070. The lowest BCUT2D eigenvalue weighted by Crippen LogP contribution is -2.40. The lowest BCUT2D eigenvalue weighted by molar-refractivity contribution is -0.115. The van der Waals surface area contributed by atoms with E-state index in [0.717, 1.165) is 5.56 Å². The molecule has 3 rings (SSSR count). The minimum atomic E-state index is -3.78. The number of anilines is 1. The Balaban J connectivity index is 1.83. The highest BCUT2D eigenvalue weighted by atomic mass is 35.5. The smallest absolute Gasteiger partial charge is 0.246 e. The number of morpholine rings is 1. The molecule has 2 aromatic carbocycles. The lowest BCUT2D eigenvalue weighted by Gasteiger charge is -2.26. The van der Waals surface area contributed by atoms with E-state index in [2.05, 4.69) is 5.32 Å². The van der Waals surface area contributed by atoms with E-state index >= 15 is 0 Å². The molecule has 1 saturated heterocycles. The molecule has 8 nitrogen and oxygen atoms in total. The van der Waals surface area contributed by atoms with Gasteiger partial charge in [0.05, 0.1) is 39.5 Å². The van der Waals surface area contributed by atoms with E-state index in [1.807, 2.05) is 6.92 Å². The number of methoxy groups -OCH3 is 2. The van der Waals surface area contributed by atoms with Crippen LogP contribution in [-0.2, 0) is 26.0 Å². The zero-order valence-corrected chi connectivity index (χ0v) is 19.2. The first-order valence-electron chi connectivity index (χ1n) is 9.65. The van der Waals surface area contributed by atoms with Crippen LogP contribution in [-0.4, -0.2) is 59.2 Å². The number of amides is 1. The molecule has 1 N–H and O–H groups in total. The molecule has 1 heterocycles. The summed E-state index contributed by atoms with van der Waals surface area (Å²) in [6.45, 7) is 3.04. The Morgan fingerprint density at radius 1 is 1.13 bits per heavy atom. The van der Waals surface area contributed by atoms with Crippen molar-refractivity contribution in [2.75, 3.05) is 45.8 Å². The summed E-state index contributed by atoms with van der Waals surface area (Å²) in [7, 11) is -0.880. The van der Waals surface area contributed by atoms with Crippen LogP contribution in [0.5, 0.6) is 11.5 Å².